The SMILES string of the molecule is [2H]c1c([2H])c([2H])c(-c2cc(-c3cccc4c3oc3ccccc34)cc3c2-[n+]2[c-]n4c5[c-]c(Oc6[c-]c7c(cc6)c6ccccc6n7-c6cc(C(C)(C)C)ccn6)ccc5c5ccccc5c5ccccc5c5ccc(c2c54)-c2ccccc2-c2ccccc2-3)c([2H])c1[2H].[Pt]. The van der Waals surface area contributed by atoms with Gasteiger partial charge in [-0.3, -0.25) is 4.57 Å². The first-order valence-corrected chi connectivity index (χ1v) is 29.6. The van der Waals surface area contributed by atoms with E-state index in [0.29, 0.717) is 33.8 Å². The predicted octanol–water partition coefficient (Wildman–Crippen LogP) is 20.9. The summed E-state index contributed by atoms with van der Waals surface area (Å²) in [6.45, 7) is 6.62. The minimum absolute atomic E-state index is 0. The fourth-order valence-corrected chi connectivity index (χ4v) is 13.8. The third-order valence-corrected chi connectivity index (χ3v) is 17.8. The Morgan fingerprint density at radius 1 is 0.472 bits per heavy atom. The van der Waals surface area contributed by atoms with E-state index in [1.54, 1.807) is 0 Å². The number of hydrogen-bond acceptors (Lipinski definition) is 3. The van der Waals surface area contributed by atoms with Crippen molar-refractivity contribution in [1.82, 2.24) is 14.0 Å². The summed E-state index contributed by atoms with van der Waals surface area (Å²) in [5.74, 6) is 1.69. The minimum atomic E-state index is -0.485. The molecular formula is C82H52N4O2Pt-2. The molecular weight excluding hydrogens is 1270 g/mol. The molecule has 0 aliphatic carbocycles. The monoisotopic (exact) mass is 1320 g/mol. The average molecular weight is 1330 g/mol. The Hall–Kier alpha value is -10.7. The Bertz CT molecular complexity index is 6150. The minimum Gasteiger partial charge on any atom is -0.510 e. The number of ether oxygens (including phenoxy) is 1. The summed E-state index contributed by atoms with van der Waals surface area (Å²) in [7, 11) is 0. The van der Waals surface area contributed by atoms with Crippen LogP contribution in [0.25, 0.3) is 160 Å². The molecule has 0 amide bonds. The summed E-state index contributed by atoms with van der Waals surface area (Å²) in [5, 5.41) is 9.74. The molecule has 7 heteroatoms. The number of aromatic nitrogens is 4. The Kier molecular flexibility index (Phi) is 10.8. The zero-order valence-electron chi connectivity index (χ0n) is 53.4. The van der Waals surface area contributed by atoms with Gasteiger partial charge in [-0.25, -0.2) is 4.98 Å². The summed E-state index contributed by atoms with van der Waals surface area (Å²) in [4.78, 5) is 4.95. The Balaban J connectivity index is 0.00000672. The number of imidazole rings is 1. The van der Waals surface area contributed by atoms with Crippen molar-refractivity contribution in [2.75, 3.05) is 0 Å². The third kappa shape index (κ3) is 8.13. The van der Waals surface area contributed by atoms with E-state index in [1.807, 2.05) is 60.8 Å². The largest absolute Gasteiger partial charge is 0.510 e. The van der Waals surface area contributed by atoms with Crippen LogP contribution < -0.4 is 9.30 Å². The van der Waals surface area contributed by atoms with Gasteiger partial charge in [-0.05, 0) is 130 Å². The van der Waals surface area contributed by atoms with E-state index in [2.05, 4.69) is 223 Å². The van der Waals surface area contributed by atoms with Crippen molar-refractivity contribution in [2.24, 2.45) is 0 Å². The molecule has 12 aromatic carbocycles. The molecule has 0 bridgehead atoms. The Morgan fingerprint density at radius 3 is 1.73 bits per heavy atom. The molecule has 0 fully saturated rings. The zero-order valence-corrected chi connectivity index (χ0v) is 50.6. The second-order valence-electron chi connectivity index (χ2n) is 23.8. The van der Waals surface area contributed by atoms with E-state index < -0.39 is 18.1 Å². The third-order valence-electron chi connectivity index (χ3n) is 17.8. The Labute approximate surface area is 534 Å². The van der Waals surface area contributed by atoms with E-state index in [0.717, 1.165) is 137 Å². The van der Waals surface area contributed by atoms with E-state index >= 15 is 0 Å². The second kappa shape index (κ2) is 20.2. The van der Waals surface area contributed by atoms with Crippen molar-refractivity contribution in [3.63, 3.8) is 0 Å². The topological polar surface area (TPSA) is 48.5 Å². The smallest absolute Gasteiger partial charge is 0.268 e. The predicted molar refractivity (Wildman–Crippen MR) is 360 cm³/mol. The molecule has 424 valence electrons. The molecule has 0 saturated carbocycles. The maximum atomic E-state index is 9.90. The van der Waals surface area contributed by atoms with Crippen LogP contribution in [0.5, 0.6) is 11.5 Å². The number of fused-ring (bicyclic) bond motifs is 20. The van der Waals surface area contributed by atoms with Crippen molar-refractivity contribution < 1.29 is 41.6 Å². The van der Waals surface area contributed by atoms with Gasteiger partial charge in [-0.1, -0.05) is 226 Å². The molecule has 6 nitrogen and oxygen atoms in total. The fraction of sp³-hybridized carbons (Fsp3) is 0.0488. The normalized spacial score (nSPS) is 12.9. The second-order valence-corrected chi connectivity index (χ2v) is 23.8. The Morgan fingerprint density at radius 2 is 1.02 bits per heavy atom. The first kappa shape index (κ1) is 47.5. The summed E-state index contributed by atoms with van der Waals surface area (Å²) >= 11 is 0. The number of nitrogens with zero attached hydrogens (tertiary/aromatic N) is 4. The van der Waals surface area contributed by atoms with E-state index in [4.69, 9.17) is 15.5 Å². The van der Waals surface area contributed by atoms with Gasteiger partial charge in [-0.15, -0.1) is 35.0 Å². The van der Waals surface area contributed by atoms with Gasteiger partial charge in [-0.2, -0.15) is 12.1 Å². The quantitative estimate of drug-likeness (QED) is 0.127. The molecule has 5 aromatic heterocycles. The van der Waals surface area contributed by atoms with E-state index in [9.17, 15) is 5.48 Å². The maximum Gasteiger partial charge on any atom is 0.268 e. The molecule has 18 rings (SSSR count). The summed E-state index contributed by atoms with van der Waals surface area (Å²) < 4.78 is 67.5. The van der Waals surface area contributed by atoms with Crippen LogP contribution >= 0.6 is 0 Å². The van der Waals surface area contributed by atoms with Gasteiger partial charge in [0, 0.05) is 60.6 Å². The van der Waals surface area contributed by atoms with Crippen LogP contribution in [0.15, 0.2) is 265 Å². The molecule has 0 N–H and O–H groups in total. The first-order valence-electron chi connectivity index (χ1n) is 32.1. The molecule has 17 aromatic rings. The standard InChI is InChI=1S/C82H52N4O2.Pt/c1-82(2,3)52-42-43-83-77(46-52)86-73-34-17-15-30-64(73)66-39-37-54(48-75(66)86)87-53-36-38-65-60-26-11-7-22-56(60)57-23-8-12-27-61(57)68-40-41-69-62-28-13-9-24-58(62)59-25-10-14-29-63(59)72-45-51(55-32-19-33-70-67-31-16-18-35-76(67)88-81(55)70)44-71(50-20-5-4-6-21-50)78(72)85-49-84(74(65)47-53)79(68)80(69)85;/h4-46H,1-3H3;/q-2;/i4D,5D,6D,20D,21D;. The number of rotatable bonds is 5. The summed E-state index contributed by atoms with van der Waals surface area (Å²) in [5.41, 5.74) is 14.3. The van der Waals surface area contributed by atoms with Gasteiger partial charge < -0.3 is 18.1 Å². The van der Waals surface area contributed by atoms with Crippen LogP contribution in [0, 0.1) is 18.5 Å². The molecule has 0 saturated heterocycles. The van der Waals surface area contributed by atoms with Gasteiger partial charge in [0.1, 0.15) is 17.0 Å². The van der Waals surface area contributed by atoms with Crippen molar-refractivity contribution in [3.8, 4) is 78.6 Å². The summed E-state index contributed by atoms with van der Waals surface area (Å²) in [6.07, 6.45) is 5.90. The van der Waals surface area contributed by atoms with Crippen LogP contribution in [-0.2, 0) is 26.5 Å². The van der Waals surface area contributed by atoms with Crippen LogP contribution in [0.1, 0.15) is 33.2 Å². The van der Waals surface area contributed by atoms with E-state index in [1.165, 1.54) is 0 Å². The van der Waals surface area contributed by atoms with Crippen molar-refractivity contribution in [1.29, 1.82) is 0 Å². The molecule has 89 heavy (non-hydrogen) atoms. The van der Waals surface area contributed by atoms with Gasteiger partial charge in [0.15, 0.2) is 0 Å². The van der Waals surface area contributed by atoms with Crippen LogP contribution in [0.2, 0.25) is 0 Å². The summed E-state index contributed by atoms with van der Waals surface area (Å²) in [6, 6.07) is 82.7. The molecule has 1 aliphatic rings. The number of para-hydroxylation sites is 3. The average Bonchev–Trinajstić information content (AvgIpc) is 1.51. The van der Waals surface area contributed by atoms with Crippen LogP contribution in [-0.4, -0.2) is 14.0 Å². The van der Waals surface area contributed by atoms with Gasteiger partial charge in [0.05, 0.1) is 23.6 Å². The van der Waals surface area contributed by atoms with Crippen molar-refractivity contribution in [3.05, 3.63) is 285 Å². The van der Waals surface area contributed by atoms with Gasteiger partial charge in [0.25, 0.3) is 6.33 Å². The maximum absolute atomic E-state index is 9.90. The van der Waals surface area contributed by atoms with Gasteiger partial charge in [0.2, 0.25) is 0 Å². The molecule has 0 spiro atoms. The molecule has 1 aliphatic heterocycles. The molecule has 0 unspecified atom stereocenters. The number of benzene rings is 12. The number of pyridine rings is 1. The fourth-order valence-electron chi connectivity index (χ4n) is 13.8. The first-order chi connectivity index (χ1) is 45.4. The molecule has 0 atom stereocenters. The van der Waals surface area contributed by atoms with Gasteiger partial charge >= 0.3 is 0 Å². The van der Waals surface area contributed by atoms with Crippen LogP contribution in [0.4, 0.5) is 0 Å². The van der Waals surface area contributed by atoms with Crippen LogP contribution in [0.3, 0.4) is 0 Å². The van der Waals surface area contributed by atoms with E-state index in [-0.39, 0.29) is 44.1 Å². The molecule has 0 radical (unpaired) electrons. The zero-order chi connectivity index (χ0) is 62.7. The number of hydrogen-bond donors (Lipinski definition) is 0. The van der Waals surface area contributed by atoms with Crippen molar-refractivity contribution >= 4 is 92.6 Å². The molecule has 6 heterocycles. The number of furan rings is 1. The van der Waals surface area contributed by atoms with Crippen molar-refractivity contribution in [2.45, 2.75) is 26.2 Å².